The molecule has 0 fully saturated rings. The monoisotopic (exact) mass is 311 g/mol. The first-order valence-electron chi connectivity index (χ1n) is 5.48. The number of hydrogen-bond acceptors (Lipinski definition) is 7. The van der Waals surface area contributed by atoms with Crippen molar-refractivity contribution in [2.24, 2.45) is 0 Å². The summed E-state index contributed by atoms with van der Waals surface area (Å²) in [6, 6.07) is 5.18. The summed E-state index contributed by atoms with van der Waals surface area (Å²) >= 11 is -1.07. The summed E-state index contributed by atoms with van der Waals surface area (Å²) in [5.41, 5.74) is 1.07. The Morgan fingerprint density at radius 2 is 2.15 bits per heavy atom. The first-order valence-corrected chi connectivity index (χ1v) is 7.54. The number of methoxy groups -OCH3 is 1. The van der Waals surface area contributed by atoms with Gasteiger partial charge in [-0.25, -0.2) is 4.98 Å². The van der Waals surface area contributed by atoms with Gasteiger partial charge >= 0.3 is 0 Å². The Labute approximate surface area is 122 Å². The Balaban J connectivity index is 2.12. The van der Waals surface area contributed by atoms with E-state index in [0.29, 0.717) is 16.8 Å². The molecule has 0 aliphatic rings. The molecule has 2 heterocycles. The smallest absolute Gasteiger partial charge is 0.219 e. The Bertz CT molecular complexity index is 597. The fourth-order valence-corrected chi connectivity index (χ4v) is 2.42. The molecule has 2 aromatic rings. The van der Waals surface area contributed by atoms with E-state index in [9.17, 15) is 8.76 Å². The first kappa shape index (κ1) is 14.7. The predicted molar refractivity (Wildman–Crippen MR) is 74.9 cm³/mol. The van der Waals surface area contributed by atoms with E-state index in [1.165, 1.54) is 24.9 Å². The van der Waals surface area contributed by atoms with Gasteiger partial charge in [0.25, 0.3) is 0 Å². The zero-order valence-electron chi connectivity index (χ0n) is 10.5. The van der Waals surface area contributed by atoms with Crippen LogP contribution in [0.15, 0.2) is 35.7 Å². The summed E-state index contributed by atoms with van der Waals surface area (Å²) in [4.78, 5) is 12.2. The average Bonchev–Trinajstić information content (AvgIpc) is 2.45. The van der Waals surface area contributed by atoms with E-state index in [2.05, 4.69) is 19.7 Å². The molecule has 7 nitrogen and oxygen atoms in total. The number of aromatic nitrogens is 3. The minimum absolute atomic E-state index is 0.169. The van der Waals surface area contributed by atoms with E-state index in [-0.39, 0.29) is 5.82 Å². The minimum atomic E-state index is -2.44. The fourth-order valence-electron chi connectivity index (χ4n) is 1.34. The molecule has 106 valence electrons. The summed E-state index contributed by atoms with van der Waals surface area (Å²) in [6.45, 7) is 0. The summed E-state index contributed by atoms with van der Waals surface area (Å²) in [5.74, 6) is 1.11. The minimum Gasteiger partial charge on any atom is -0.755 e. The maximum atomic E-state index is 10.6. The predicted octanol–water partition coefficient (Wildman–Crippen LogP) is 1.38. The molecule has 0 radical (unpaired) electrons. The molecular weight excluding hydrogens is 300 g/mol. The van der Waals surface area contributed by atoms with Crippen molar-refractivity contribution in [3.63, 3.8) is 0 Å². The van der Waals surface area contributed by atoms with Gasteiger partial charge in [0.05, 0.1) is 7.11 Å². The molecular formula is C11H11N4O3S2-. The van der Waals surface area contributed by atoms with Crippen LogP contribution in [0.2, 0.25) is 0 Å². The van der Waals surface area contributed by atoms with Gasteiger partial charge in [0, 0.05) is 35.5 Å². The Hall–Kier alpha value is -1.71. The van der Waals surface area contributed by atoms with Crippen LogP contribution in [0.5, 0.6) is 5.88 Å². The van der Waals surface area contributed by atoms with Crippen LogP contribution in [0.3, 0.4) is 0 Å². The van der Waals surface area contributed by atoms with Gasteiger partial charge in [0.2, 0.25) is 5.88 Å². The second kappa shape index (κ2) is 7.17. The van der Waals surface area contributed by atoms with Gasteiger partial charge in [-0.1, -0.05) is 11.8 Å². The number of thioether (sulfide) groups is 1. The lowest BCUT2D eigenvalue weighted by molar-refractivity contribution is 0.393. The van der Waals surface area contributed by atoms with Crippen LogP contribution in [-0.2, 0) is 17.0 Å². The van der Waals surface area contributed by atoms with Gasteiger partial charge in [0.15, 0.2) is 5.16 Å². The average molecular weight is 311 g/mol. The SMILES string of the molecule is COc1cc(NS(=O)[O-])nc(SCc2ccncc2)n1. The molecule has 0 aliphatic heterocycles. The number of nitrogens with one attached hydrogen (secondary N) is 1. The van der Waals surface area contributed by atoms with Crippen LogP contribution in [-0.4, -0.2) is 30.8 Å². The Morgan fingerprint density at radius 3 is 2.80 bits per heavy atom. The van der Waals surface area contributed by atoms with E-state index in [0.717, 1.165) is 5.56 Å². The van der Waals surface area contributed by atoms with Crippen LogP contribution in [0, 0.1) is 0 Å². The zero-order chi connectivity index (χ0) is 14.4. The molecule has 0 saturated heterocycles. The molecule has 0 amide bonds. The molecule has 2 aromatic heterocycles. The van der Waals surface area contributed by atoms with Crippen molar-refractivity contribution in [2.45, 2.75) is 10.9 Å². The Kier molecular flexibility index (Phi) is 5.27. The number of hydrogen-bond donors (Lipinski definition) is 1. The fraction of sp³-hybridized carbons (Fsp3) is 0.182. The first-order chi connectivity index (χ1) is 9.67. The van der Waals surface area contributed by atoms with Crippen molar-refractivity contribution < 1.29 is 13.5 Å². The van der Waals surface area contributed by atoms with Crippen molar-refractivity contribution >= 4 is 28.8 Å². The third-order valence-electron chi connectivity index (χ3n) is 2.20. The largest absolute Gasteiger partial charge is 0.755 e. The van der Waals surface area contributed by atoms with Gasteiger partial charge in [-0.05, 0) is 17.7 Å². The van der Waals surface area contributed by atoms with Gasteiger partial charge in [-0.15, -0.1) is 0 Å². The molecule has 0 aliphatic carbocycles. The highest BCUT2D eigenvalue weighted by molar-refractivity contribution is 7.98. The lowest BCUT2D eigenvalue weighted by Gasteiger charge is -2.10. The number of rotatable bonds is 6. The van der Waals surface area contributed by atoms with Gasteiger partial charge in [-0.2, -0.15) is 4.98 Å². The highest BCUT2D eigenvalue weighted by Crippen LogP contribution is 2.23. The van der Waals surface area contributed by atoms with E-state index in [1.807, 2.05) is 12.1 Å². The molecule has 0 spiro atoms. The van der Waals surface area contributed by atoms with Gasteiger partial charge in [0.1, 0.15) is 5.82 Å². The molecule has 9 heteroatoms. The van der Waals surface area contributed by atoms with E-state index in [4.69, 9.17) is 4.74 Å². The standard InChI is InChI=1S/C11H12N4O3S2/c1-18-10-6-9(15-20(16)17)13-11(14-10)19-7-8-2-4-12-5-3-8/h2-6H,7H2,1H3,(H,16,17)(H,13,14,15)/p-1. The van der Waals surface area contributed by atoms with Crippen molar-refractivity contribution in [2.75, 3.05) is 11.8 Å². The van der Waals surface area contributed by atoms with Crippen molar-refractivity contribution in [1.82, 2.24) is 15.0 Å². The molecule has 1 atom stereocenters. The molecule has 0 aromatic carbocycles. The molecule has 1 N–H and O–H groups in total. The summed E-state index contributed by atoms with van der Waals surface area (Å²) in [7, 11) is 1.46. The molecule has 0 saturated carbocycles. The third kappa shape index (κ3) is 4.44. The number of ether oxygens (including phenoxy) is 1. The second-order valence-corrected chi connectivity index (χ2v) is 5.18. The van der Waals surface area contributed by atoms with Crippen molar-refractivity contribution in [1.29, 1.82) is 0 Å². The number of pyridine rings is 1. The number of nitrogens with zero attached hydrogens (tertiary/aromatic N) is 3. The molecule has 1 unspecified atom stereocenters. The highest BCUT2D eigenvalue weighted by atomic mass is 32.2. The maximum Gasteiger partial charge on any atom is 0.219 e. The van der Waals surface area contributed by atoms with Gasteiger partial charge in [-0.3, -0.25) is 9.19 Å². The van der Waals surface area contributed by atoms with Crippen molar-refractivity contribution in [3.05, 3.63) is 36.2 Å². The maximum absolute atomic E-state index is 10.6. The van der Waals surface area contributed by atoms with E-state index >= 15 is 0 Å². The quantitative estimate of drug-likeness (QED) is 0.488. The lowest BCUT2D eigenvalue weighted by Crippen LogP contribution is -2.06. The normalized spacial score (nSPS) is 11.9. The van der Waals surface area contributed by atoms with Crippen LogP contribution in [0.1, 0.15) is 5.56 Å². The zero-order valence-corrected chi connectivity index (χ0v) is 12.1. The van der Waals surface area contributed by atoms with Crippen LogP contribution in [0.25, 0.3) is 0 Å². The van der Waals surface area contributed by atoms with Crippen LogP contribution >= 0.6 is 11.8 Å². The summed E-state index contributed by atoms with van der Waals surface area (Å²) in [5, 5.41) is 0.425. The number of anilines is 1. The van der Waals surface area contributed by atoms with Gasteiger partial charge < -0.3 is 14.0 Å². The van der Waals surface area contributed by atoms with Crippen molar-refractivity contribution in [3.8, 4) is 5.88 Å². The second-order valence-electron chi connectivity index (χ2n) is 3.56. The lowest BCUT2D eigenvalue weighted by atomic mass is 10.3. The third-order valence-corrected chi connectivity index (χ3v) is 3.49. The molecule has 2 rings (SSSR count). The van der Waals surface area contributed by atoms with Crippen LogP contribution in [0.4, 0.5) is 5.82 Å². The van der Waals surface area contributed by atoms with E-state index in [1.54, 1.807) is 12.4 Å². The summed E-state index contributed by atoms with van der Waals surface area (Å²) in [6.07, 6.45) is 3.41. The molecule has 0 bridgehead atoms. The van der Waals surface area contributed by atoms with Crippen LogP contribution < -0.4 is 9.46 Å². The van der Waals surface area contributed by atoms with E-state index < -0.39 is 11.3 Å². The molecule has 20 heavy (non-hydrogen) atoms. The summed E-state index contributed by atoms with van der Waals surface area (Å²) < 4.78 is 28.5. The highest BCUT2D eigenvalue weighted by Gasteiger charge is 2.06. The topological polar surface area (TPSA) is 100 Å². The Morgan fingerprint density at radius 1 is 1.40 bits per heavy atom.